The molecule has 1 heterocycles. The minimum Gasteiger partial charge on any atom is -0.369 e. The Balaban J connectivity index is 1.74. The van der Waals surface area contributed by atoms with Crippen molar-refractivity contribution in [1.82, 2.24) is 10.6 Å². The summed E-state index contributed by atoms with van der Waals surface area (Å²) in [6.45, 7) is 0.446. The second kappa shape index (κ2) is 7.42. The molecule has 0 bridgehead atoms. The molecule has 5 nitrogen and oxygen atoms in total. The predicted molar refractivity (Wildman–Crippen MR) is 68.8 cm³/mol. The molecule has 1 aliphatic heterocycles. The number of rotatable bonds is 4. The van der Waals surface area contributed by atoms with Crippen LogP contribution < -0.4 is 10.6 Å². The van der Waals surface area contributed by atoms with E-state index in [2.05, 4.69) is 10.6 Å². The van der Waals surface area contributed by atoms with Gasteiger partial charge in [0.1, 0.15) is 12.7 Å². The van der Waals surface area contributed by atoms with Crippen molar-refractivity contribution in [3.8, 4) is 0 Å². The monoisotopic (exact) mass is 310 g/mol. The lowest BCUT2D eigenvalue weighted by molar-refractivity contribution is -0.188. The van der Waals surface area contributed by atoms with Crippen LogP contribution in [0.2, 0.25) is 0 Å². The molecule has 0 radical (unpaired) electrons. The summed E-state index contributed by atoms with van der Waals surface area (Å²) in [4.78, 5) is 12.0. The topological polar surface area (TPSA) is 59.6 Å². The number of halogens is 3. The lowest BCUT2D eigenvalue weighted by Gasteiger charge is -2.31. The average molecular weight is 310 g/mol. The van der Waals surface area contributed by atoms with Crippen molar-refractivity contribution in [2.45, 2.75) is 50.1 Å². The molecular weight excluding hydrogens is 289 g/mol. The third-order valence-electron chi connectivity index (χ3n) is 3.68. The Morgan fingerprint density at radius 3 is 2.86 bits per heavy atom. The van der Waals surface area contributed by atoms with E-state index in [1.165, 1.54) is 0 Å². The molecule has 1 saturated carbocycles. The van der Waals surface area contributed by atoms with Gasteiger partial charge in [0.05, 0.1) is 12.7 Å². The first-order valence-corrected chi connectivity index (χ1v) is 7.25. The van der Waals surface area contributed by atoms with E-state index in [0.29, 0.717) is 26.0 Å². The number of nitrogens with one attached hydrogen (secondary N) is 2. The summed E-state index contributed by atoms with van der Waals surface area (Å²) in [5.74, 6) is -0.205. The minimum atomic E-state index is -4.31. The zero-order chi connectivity index (χ0) is 15.3. The number of alkyl halides is 3. The first-order chi connectivity index (χ1) is 9.94. The van der Waals surface area contributed by atoms with Crippen LogP contribution in [0.4, 0.5) is 13.2 Å². The SMILES string of the molecule is O=C(NC1CCCC(OCC(F)(F)F)C1)C1CNCCO1. The molecule has 1 aliphatic carbocycles. The summed E-state index contributed by atoms with van der Waals surface area (Å²) < 4.78 is 46.7. The van der Waals surface area contributed by atoms with Gasteiger partial charge in [0.2, 0.25) is 0 Å². The van der Waals surface area contributed by atoms with E-state index in [9.17, 15) is 18.0 Å². The van der Waals surface area contributed by atoms with Gasteiger partial charge >= 0.3 is 6.18 Å². The minimum absolute atomic E-state index is 0.144. The van der Waals surface area contributed by atoms with Gasteiger partial charge in [-0.2, -0.15) is 13.2 Å². The largest absolute Gasteiger partial charge is 0.411 e. The Bertz CT molecular complexity index is 346. The highest BCUT2D eigenvalue weighted by Gasteiger charge is 2.32. The normalized spacial score (nSPS) is 30.9. The number of hydrogen-bond acceptors (Lipinski definition) is 4. The Kier molecular flexibility index (Phi) is 5.83. The number of ether oxygens (including phenoxy) is 2. The van der Waals surface area contributed by atoms with E-state index in [1.807, 2.05) is 0 Å². The van der Waals surface area contributed by atoms with Gasteiger partial charge in [0.15, 0.2) is 0 Å². The van der Waals surface area contributed by atoms with E-state index >= 15 is 0 Å². The van der Waals surface area contributed by atoms with Crippen LogP contribution in [0.15, 0.2) is 0 Å². The fourth-order valence-electron chi connectivity index (χ4n) is 2.67. The highest BCUT2D eigenvalue weighted by Crippen LogP contribution is 2.24. The molecule has 0 aromatic carbocycles. The van der Waals surface area contributed by atoms with Gasteiger partial charge in [-0.1, -0.05) is 0 Å². The lowest BCUT2D eigenvalue weighted by Crippen LogP contribution is -2.51. The first kappa shape index (κ1) is 16.5. The van der Waals surface area contributed by atoms with Gasteiger partial charge < -0.3 is 20.1 Å². The highest BCUT2D eigenvalue weighted by molar-refractivity contribution is 5.81. The van der Waals surface area contributed by atoms with Crippen molar-refractivity contribution in [2.75, 3.05) is 26.3 Å². The van der Waals surface area contributed by atoms with Gasteiger partial charge in [-0.05, 0) is 25.7 Å². The van der Waals surface area contributed by atoms with Gasteiger partial charge in [0, 0.05) is 19.1 Å². The summed E-state index contributed by atoms with van der Waals surface area (Å²) in [6.07, 6.45) is -2.75. The number of amides is 1. The number of morpholine rings is 1. The molecule has 2 fully saturated rings. The molecule has 1 saturated heterocycles. The Morgan fingerprint density at radius 2 is 2.19 bits per heavy atom. The number of hydrogen-bond donors (Lipinski definition) is 2. The van der Waals surface area contributed by atoms with E-state index in [1.54, 1.807) is 0 Å². The maximum atomic E-state index is 12.1. The molecule has 3 unspecified atom stereocenters. The highest BCUT2D eigenvalue weighted by atomic mass is 19.4. The summed E-state index contributed by atoms with van der Waals surface area (Å²) >= 11 is 0. The van der Waals surface area contributed by atoms with Crippen LogP contribution in [-0.4, -0.2) is 56.6 Å². The standard InChI is InChI=1S/C13H21F3N2O3/c14-13(15,16)8-21-10-3-1-2-9(6-10)18-12(19)11-7-17-4-5-20-11/h9-11,17H,1-8H2,(H,18,19). The Hall–Kier alpha value is -0.860. The molecular formula is C13H21F3N2O3. The van der Waals surface area contributed by atoms with Crippen molar-refractivity contribution in [1.29, 1.82) is 0 Å². The Labute approximate surface area is 121 Å². The molecule has 122 valence electrons. The fraction of sp³-hybridized carbons (Fsp3) is 0.923. The van der Waals surface area contributed by atoms with Crippen LogP contribution >= 0.6 is 0 Å². The second-order valence-corrected chi connectivity index (χ2v) is 5.48. The molecule has 3 atom stereocenters. The molecule has 0 aromatic rings. The molecule has 21 heavy (non-hydrogen) atoms. The van der Waals surface area contributed by atoms with Crippen molar-refractivity contribution in [3.63, 3.8) is 0 Å². The molecule has 2 rings (SSSR count). The van der Waals surface area contributed by atoms with Gasteiger partial charge in [0.25, 0.3) is 5.91 Å². The van der Waals surface area contributed by atoms with Gasteiger partial charge in [-0.25, -0.2) is 0 Å². The summed E-state index contributed by atoms with van der Waals surface area (Å²) in [5, 5.41) is 5.91. The molecule has 0 spiro atoms. The zero-order valence-electron chi connectivity index (χ0n) is 11.7. The predicted octanol–water partition coefficient (Wildman–Crippen LogP) is 0.981. The number of carbonyl (C=O) groups is 1. The van der Waals surface area contributed by atoms with Crippen molar-refractivity contribution in [2.24, 2.45) is 0 Å². The second-order valence-electron chi connectivity index (χ2n) is 5.48. The third-order valence-corrected chi connectivity index (χ3v) is 3.68. The van der Waals surface area contributed by atoms with Gasteiger partial charge in [-0.15, -0.1) is 0 Å². The van der Waals surface area contributed by atoms with Crippen LogP contribution in [0.1, 0.15) is 25.7 Å². The van der Waals surface area contributed by atoms with E-state index < -0.39 is 25.0 Å². The van der Waals surface area contributed by atoms with E-state index in [-0.39, 0.29) is 11.9 Å². The average Bonchev–Trinajstić information content (AvgIpc) is 2.46. The molecule has 0 aromatic heterocycles. The maximum Gasteiger partial charge on any atom is 0.411 e. The zero-order valence-corrected chi connectivity index (χ0v) is 11.7. The van der Waals surface area contributed by atoms with E-state index in [0.717, 1.165) is 19.4 Å². The number of carbonyl (C=O) groups excluding carboxylic acids is 1. The molecule has 2 aliphatic rings. The van der Waals surface area contributed by atoms with Gasteiger partial charge in [-0.3, -0.25) is 4.79 Å². The van der Waals surface area contributed by atoms with Crippen LogP contribution in [0.5, 0.6) is 0 Å². The van der Waals surface area contributed by atoms with Crippen molar-refractivity contribution >= 4 is 5.91 Å². The smallest absolute Gasteiger partial charge is 0.369 e. The Morgan fingerprint density at radius 1 is 1.38 bits per heavy atom. The maximum absolute atomic E-state index is 12.1. The van der Waals surface area contributed by atoms with E-state index in [4.69, 9.17) is 9.47 Å². The van der Waals surface area contributed by atoms with Crippen LogP contribution in [0.25, 0.3) is 0 Å². The summed E-state index contributed by atoms with van der Waals surface area (Å²) in [7, 11) is 0. The lowest BCUT2D eigenvalue weighted by atomic mass is 9.92. The molecule has 2 N–H and O–H groups in total. The van der Waals surface area contributed by atoms with Crippen LogP contribution in [0.3, 0.4) is 0 Å². The van der Waals surface area contributed by atoms with Crippen LogP contribution in [0, 0.1) is 0 Å². The third kappa shape index (κ3) is 5.80. The fourth-order valence-corrected chi connectivity index (χ4v) is 2.67. The first-order valence-electron chi connectivity index (χ1n) is 7.25. The molecule has 8 heteroatoms. The quantitative estimate of drug-likeness (QED) is 0.813. The molecule has 1 amide bonds. The van der Waals surface area contributed by atoms with Crippen molar-refractivity contribution in [3.05, 3.63) is 0 Å². The van der Waals surface area contributed by atoms with Crippen molar-refractivity contribution < 1.29 is 27.4 Å². The summed E-state index contributed by atoms with van der Waals surface area (Å²) in [6, 6.07) is -0.144. The van der Waals surface area contributed by atoms with Crippen LogP contribution in [-0.2, 0) is 14.3 Å². The summed E-state index contributed by atoms with van der Waals surface area (Å²) in [5.41, 5.74) is 0.